The summed E-state index contributed by atoms with van der Waals surface area (Å²) >= 11 is 0. The standard InChI is InChI=1S/C8H16N2O2S/c9-6-8(3-4-8)10-13(11,12)5-7-1-2-7/h7,10H,1-6,9H2. The lowest BCUT2D eigenvalue weighted by Crippen LogP contribution is -2.43. The molecule has 0 bridgehead atoms. The lowest BCUT2D eigenvalue weighted by atomic mass is 10.3. The molecule has 2 saturated carbocycles. The molecule has 3 N–H and O–H groups in total. The molecule has 0 atom stereocenters. The van der Waals surface area contributed by atoms with Crippen LogP contribution in [0.2, 0.25) is 0 Å². The highest BCUT2D eigenvalue weighted by Gasteiger charge is 2.45. The maximum atomic E-state index is 11.5. The lowest BCUT2D eigenvalue weighted by molar-refractivity contribution is 0.542. The van der Waals surface area contributed by atoms with Crippen molar-refractivity contribution >= 4 is 10.0 Å². The fourth-order valence-corrected chi connectivity index (χ4v) is 3.45. The van der Waals surface area contributed by atoms with E-state index in [0.29, 0.717) is 18.2 Å². The lowest BCUT2D eigenvalue weighted by Gasteiger charge is -2.14. The summed E-state index contributed by atoms with van der Waals surface area (Å²) in [5.41, 5.74) is 5.23. The second-order valence-corrected chi connectivity index (χ2v) is 6.08. The molecular formula is C8H16N2O2S. The summed E-state index contributed by atoms with van der Waals surface area (Å²) in [7, 11) is -3.06. The first-order valence-electron chi connectivity index (χ1n) is 4.77. The molecule has 13 heavy (non-hydrogen) atoms. The predicted octanol–water partition coefficient (Wildman–Crippen LogP) is -0.193. The van der Waals surface area contributed by atoms with E-state index in [1.165, 1.54) is 0 Å². The van der Waals surface area contributed by atoms with Crippen LogP contribution in [0.1, 0.15) is 25.7 Å². The number of rotatable bonds is 5. The molecule has 2 aliphatic carbocycles. The monoisotopic (exact) mass is 204 g/mol. The summed E-state index contributed by atoms with van der Waals surface area (Å²) in [6, 6.07) is 0. The van der Waals surface area contributed by atoms with Crippen LogP contribution < -0.4 is 10.5 Å². The van der Waals surface area contributed by atoms with E-state index >= 15 is 0 Å². The van der Waals surface area contributed by atoms with Gasteiger partial charge in [-0.2, -0.15) is 0 Å². The number of hydrogen-bond donors (Lipinski definition) is 2. The number of nitrogens with two attached hydrogens (primary N) is 1. The van der Waals surface area contributed by atoms with Crippen molar-refractivity contribution in [1.82, 2.24) is 4.72 Å². The molecular weight excluding hydrogens is 188 g/mol. The molecule has 2 rings (SSSR count). The SMILES string of the molecule is NCC1(NS(=O)(=O)CC2CC2)CC1. The van der Waals surface area contributed by atoms with Crippen molar-refractivity contribution in [2.24, 2.45) is 11.7 Å². The van der Waals surface area contributed by atoms with Gasteiger partial charge < -0.3 is 5.73 Å². The predicted molar refractivity (Wildman–Crippen MR) is 50.7 cm³/mol. The Morgan fingerprint density at radius 3 is 2.38 bits per heavy atom. The zero-order chi connectivity index (χ0) is 9.53. The van der Waals surface area contributed by atoms with E-state index in [9.17, 15) is 8.42 Å². The molecule has 0 amide bonds. The van der Waals surface area contributed by atoms with Crippen LogP contribution in [0, 0.1) is 5.92 Å². The van der Waals surface area contributed by atoms with Crippen molar-refractivity contribution in [3.63, 3.8) is 0 Å². The quantitative estimate of drug-likeness (QED) is 0.652. The Kier molecular flexibility index (Phi) is 2.13. The van der Waals surface area contributed by atoms with Gasteiger partial charge in [0, 0.05) is 12.1 Å². The van der Waals surface area contributed by atoms with E-state index < -0.39 is 10.0 Å². The van der Waals surface area contributed by atoms with Crippen LogP contribution >= 0.6 is 0 Å². The second-order valence-electron chi connectivity index (χ2n) is 4.31. The Balaban J connectivity index is 1.91. The highest BCUT2D eigenvalue weighted by molar-refractivity contribution is 7.89. The van der Waals surface area contributed by atoms with Crippen LogP contribution in [0.4, 0.5) is 0 Å². The van der Waals surface area contributed by atoms with E-state index in [1.807, 2.05) is 0 Å². The molecule has 0 aromatic rings. The van der Waals surface area contributed by atoms with Gasteiger partial charge in [-0.3, -0.25) is 0 Å². The van der Waals surface area contributed by atoms with Crippen molar-refractivity contribution in [3.8, 4) is 0 Å². The summed E-state index contributed by atoms with van der Waals surface area (Å²) in [5, 5.41) is 0. The molecule has 0 saturated heterocycles. The van der Waals surface area contributed by atoms with Crippen molar-refractivity contribution in [2.75, 3.05) is 12.3 Å². The van der Waals surface area contributed by atoms with Crippen molar-refractivity contribution in [3.05, 3.63) is 0 Å². The molecule has 0 aromatic heterocycles. The highest BCUT2D eigenvalue weighted by atomic mass is 32.2. The van der Waals surface area contributed by atoms with E-state index in [1.54, 1.807) is 0 Å². The van der Waals surface area contributed by atoms with Crippen LogP contribution in [-0.4, -0.2) is 26.3 Å². The average Bonchev–Trinajstić information content (AvgIpc) is 2.86. The first-order chi connectivity index (χ1) is 6.05. The summed E-state index contributed by atoms with van der Waals surface area (Å²) in [6.07, 6.45) is 3.92. The maximum Gasteiger partial charge on any atom is 0.212 e. The van der Waals surface area contributed by atoms with Crippen LogP contribution in [0.5, 0.6) is 0 Å². The van der Waals surface area contributed by atoms with Crippen molar-refractivity contribution in [2.45, 2.75) is 31.2 Å². The second kappa shape index (κ2) is 2.93. The fraction of sp³-hybridized carbons (Fsp3) is 1.00. The molecule has 0 unspecified atom stereocenters. The molecule has 0 aromatic carbocycles. The molecule has 0 radical (unpaired) electrons. The Hall–Kier alpha value is -0.130. The normalized spacial score (nSPS) is 25.9. The van der Waals surface area contributed by atoms with Crippen LogP contribution in [0.25, 0.3) is 0 Å². The topological polar surface area (TPSA) is 72.2 Å². The van der Waals surface area contributed by atoms with Crippen LogP contribution in [-0.2, 0) is 10.0 Å². The van der Waals surface area contributed by atoms with Gasteiger partial charge in [0.25, 0.3) is 0 Å². The van der Waals surface area contributed by atoms with E-state index in [-0.39, 0.29) is 5.54 Å². The van der Waals surface area contributed by atoms with Gasteiger partial charge in [0.15, 0.2) is 0 Å². The largest absolute Gasteiger partial charge is 0.329 e. The van der Waals surface area contributed by atoms with Gasteiger partial charge in [0.05, 0.1) is 5.75 Å². The third-order valence-corrected chi connectivity index (χ3v) is 4.42. The molecule has 76 valence electrons. The smallest absolute Gasteiger partial charge is 0.212 e. The van der Waals surface area contributed by atoms with E-state index in [0.717, 1.165) is 25.7 Å². The van der Waals surface area contributed by atoms with Crippen molar-refractivity contribution < 1.29 is 8.42 Å². The van der Waals surface area contributed by atoms with E-state index in [2.05, 4.69) is 4.72 Å². The first-order valence-corrected chi connectivity index (χ1v) is 6.42. The van der Waals surface area contributed by atoms with Gasteiger partial charge in [0.1, 0.15) is 0 Å². The number of nitrogens with one attached hydrogen (secondary N) is 1. The van der Waals surface area contributed by atoms with Gasteiger partial charge in [-0.25, -0.2) is 13.1 Å². The molecule has 0 heterocycles. The third kappa shape index (κ3) is 2.42. The van der Waals surface area contributed by atoms with Gasteiger partial charge in [-0.15, -0.1) is 0 Å². The molecule has 4 nitrogen and oxygen atoms in total. The summed E-state index contributed by atoms with van der Waals surface area (Å²) < 4.78 is 25.8. The van der Waals surface area contributed by atoms with Gasteiger partial charge in [0.2, 0.25) is 10.0 Å². The Bertz CT molecular complexity index is 291. The Labute approximate surface area is 78.9 Å². The Morgan fingerprint density at radius 2 is 2.00 bits per heavy atom. The third-order valence-electron chi connectivity index (χ3n) is 2.77. The highest BCUT2D eigenvalue weighted by Crippen LogP contribution is 2.36. The summed E-state index contributed by atoms with van der Waals surface area (Å²) in [4.78, 5) is 0. The zero-order valence-corrected chi connectivity index (χ0v) is 8.44. The molecule has 0 aliphatic heterocycles. The van der Waals surface area contributed by atoms with Crippen molar-refractivity contribution in [1.29, 1.82) is 0 Å². The minimum Gasteiger partial charge on any atom is -0.329 e. The maximum absolute atomic E-state index is 11.5. The van der Waals surface area contributed by atoms with Gasteiger partial charge in [-0.1, -0.05) is 0 Å². The minimum absolute atomic E-state index is 0.270. The molecule has 2 fully saturated rings. The zero-order valence-electron chi connectivity index (χ0n) is 7.62. The number of sulfonamides is 1. The minimum atomic E-state index is -3.06. The van der Waals surface area contributed by atoms with Gasteiger partial charge in [-0.05, 0) is 31.6 Å². The number of hydrogen-bond acceptors (Lipinski definition) is 3. The summed E-state index contributed by atoms with van der Waals surface area (Å²) in [6.45, 7) is 0.427. The van der Waals surface area contributed by atoms with E-state index in [4.69, 9.17) is 5.73 Å². The van der Waals surface area contributed by atoms with Crippen LogP contribution in [0.3, 0.4) is 0 Å². The first kappa shape index (κ1) is 9.43. The van der Waals surface area contributed by atoms with Crippen LogP contribution in [0.15, 0.2) is 0 Å². The molecule has 5 heteroatoms. The summed E-state index contributed by atoms with van der Waals surface area (Å²) in [5.74, 6) is 0.709. The van der Waals surface area contributed by atoms with Gasteiger partial charge >= 0.3 is 0 Å². The fourth-order valence-electron chi connectivity index (χ4n) is 1.47. The molecule has 2 aliphatic rings. The Morgan fingerprint density at radius 1 is 1.38 bits per heavy atom. The molecule has 0 spiro atoms. The average molecular weight is 204 g/mol.